The number of Topliss-reactive ketones (excluding diaryl/α,β-unsaturated/α-hetero) is 1. The molecule has 0 saturated carbocycles. The topological polar surface area (TPSA) is 39.8 Å². The summed E-state index contributed by atoms with van der Waals surface area (Å²) in [6.45, 7) is 7.48. The number of aryl methyl sites for hydroxylation is 2. The highest BCUT2D eigenvalue weighted by atomic mass is 32.2. The van der Waals surface area contributed by atoms with Crippen molar-refractivity contribution < 1.29 is 9.18 Å². The molecule has 0 aliphatic rings. The Morgan fingerprint density at radius 1 is 1.07 bits per heavy atom. The van der Waals surface area contributed by atoms with Crippen LogP contribution in [-0.2, 0) is 13.1 Å². The Kier molecular flexibility index (Phi) is 5.77. The number of imidazole rings is 1. The van der Waals surface area contributed by atoms with Gasteiger partial charge in [-0.05, 0) is 56.7 Å². The number of hydrogen-bond donors (Lipinski definition) is 0. The molecular formula is C24H24FN3OS. The first-order valence-electron chi connectivity index (χ1n) is 10.0. The Hall–Kier alpha value is -2.86. The summed E-state index contributed by atoms with van der Waals surface area (Å²) in [6.07, 6.45) is 0. The van der Waals surface area contributed by atoms with Crippen LogP contribution in [0.25, 0.3) is 11.0 Å². The monoisotopic (exact) mass is 421 g/mol. The third kappa shape index (κ3) is 3.92. The smallest absolute Gasteiger partial charge is 0.175 e. The Morgan fingerprint density at radius 3 is 2.53 bits per heavy atom. The molecule has 4 nitrogen and oxygen atoms in total. The van der Waals surface area contributed by atoms with Gasteiger partial charge in [-0.3, -0.25) is 4.79 Å². The fraction of sp³-hybridized carbons (Fsp3) is 0.250. The lowest BCUT2D eigenvalue weighted by Gasteiger charge is -2.10. The molecule has 2 aromatic carbocycles. The molecule has 6 heteroatoms. The minimum absolute atomic E-state index is 0.0909. The molecule has 0 aliphatic carbocycles. The molecule has 0 unspecified atom stereocenters. The van der Waals surface area contributed by atoms with Crippen LogP contribution < -0.4 is 0 Å². The Bertz CT molecular complexity index is 1210. The molecule has 30 heavy (non-hydrogen) atoms. The van der Waals surface area contributed by atoms with Crippen LogP contribution in [0.15, 0.2) is 59.8 Å². The van der Waals surface area contributed by atoms with Crippen molar-refractivity contribution in [2.45, 2.75) is 39.0 Å². The van der Waals surface area contributed by atoms with Crippen LogP contribution in [0.1, 0.15) is 34.2 Å². The third-order valence-corrected chi connectivity index (χ3v) is 6.37. The number of benzene rings is 2. The molecule has 154 valence electrons. The van der Waals surface area contributed by atoms with Crippen molar-refractivity contribution in [2.75, 3.05) is 5.75 Å². The van der Waals surface area contributed by atoms with Crippen molar-refractivity contribution in [3.8, 4) is 0 Å². The Morgan fingerprint density at radius 2 is 1.80 bits per heavy atom. The SMILES string of the molecule is CCn1c(SCC(=O)c2cc(C)n(Cc3ccc(F)cc3)c2C)nc2ccccc21. The second kappa shape index (κ2) is 8.48. The summed E-state index contributed by atoms with van der Waals surface area (Å²) in [5, 5.41) is 0.868. The van der Waals surface area contributed by atoms with E-state index in [2.05, 4.69) is 22.1 Å². The van der Waals surface area contributed by atoms with Crippen LogP contribution in [0, 0.1) is 19.7 Å². The molecule has 0 saturated heterocycles. The predicted molar refractivity (Wildman–Crippen MR) is 120 cm³/mol. The van der Waals surface area contributed by atoms with E-state index < -0.39 is 0 Å². The van der Waals surface area contributed by atoms with E-state index in [4.69, 9.17) is 4.98 Å². The van der Waals surface area contributed by atoms with E-state index >= 15 is 0 Å². The lowest BCUT2D eigenvalue weighted by molar-refractivity contribution is 0.102. The lowest BCUT2D eigenvalue weighted by Crippen LogP contribution is -2.08. The molecule has 4 rings (SSSR count). The van der Waals surface area contributed by atoms with Crippen LogP contribution in [0.2, 0.25) is 0 Å². The first kappa shape index (κ1) is 20.4. The van der Waals surface area contributed by atoms with Crippen LogP contribution in [0.5, 0.6) is 0 Å². The number of para-hydroxylation sites is 2. The molecule has 2 heterocycles. The van der Waals surface area contributed by atoms with Crippen molar-refractivity contribution in [1.82, 2.24) is 14.1 Å². The fourth-order valence-electron chi connectivity index (χ4n) is 3.78. The molecule has 2 aromatic heterocycles. The second-order valence-corrected chi connectivity index (χ2v) is 8.28. The average Bonchev–Trinajstić information content (AvgIpc) is 3.25. The van der Waals surface area contributed by atoms with E-state index in [0.29, 0.717) is 12.3 Å². The van der Waals surface area contributed by atoms with Gasteiger partial charge in [-0.2, -0.15) is 0 Å². The Balaban J connectivity index is 1.52. The van der Waals surface area contributed by atoms with Gasteiger partial charge in [0.05, 0.1) is 16.8 Å². The molecule has 0 N–H and O–H groups in total. The molecule has 0 radical (unpaired) electrons. The zero-order valence-corrected chi connectivity index (χ0v) is 18.2. The zero-order chi connectivity index (χ0) is 21.3. The number of carbonyl (C=O) groups excluding carboxylic acids is 1. The highest BCUT2D eigenvalue weighted by molar-refractivity contribution is 7.99. The normalized spacial score (nSPS) is 11.3. The van der Waals surface area contributed by atoms with E-state index in [9.17, 15) is 9.18 Å². The molecular weight excluding hydrogens is 397 g/mol. The number of carbonyl (C=O) groups is 1. The summed E-state index contributed by atoms with van der Waals surface area (Å²) in [6, 6.07) is 16.5. The van der Waals surface area contributed by atoms with Gasteiger partial charge in [0.1, 0.15) is 5.82 Å². The summed E-state index contributed by atoms with van der Waals surface area (Å²) < 4.78 is 17.4. The van der Waals surface area contributed by atoms with E-state index in [1.165, 1.54) is 23.9 Å². The number of thioether (sulfide) groups is 1. The van der Waals surface area contributed by atoms with Gasteiger partial charge in [0.15, 0.2) is 10.9 Å². The molecule has 0 aliphatic heterocycles. The van der Waals surface area contributed by atoms with E-state index in [1.807, 2.05) is 38.1 Å². The maximum Gasteiger partial charge on any atom is 0.175 e. The number of aromatic nitrogens is 3. The third-order valence-electron chi connectivity index (χ3n) is 5.40. The van der Waals surface area contributed by atoms with Crippen molar-refractivity contribution in [2.24, 2.45) is 0 Å². The fourth-order valence-corrected chi connectivity index (χ4v) is 4.74. The number of ketones is 1. The van der Waals surface area contributed by atoms with Crippen molar-refractivity contribution in [3.63, 3.8) is 0 Å². The minimum Gasteiger partial charge on any atom is -0.344 e. The maximum atomic E-state index is 13.2. The number of rotatable bonds is 7. The van der Waals surface area contributed by atoms with E-state index in [-0.39, 0.29) is 11.6 Å². The highest BCUT2D eigenvalue weighted by Crippen LogP contribution is 2.26. The highest BCUT2D eigenvalue weighted by Gasteiger charge is 2.18. The summed E-state index contributed by atoms with van der Waals surface area (Å²) in [4.78, 5) is 17.7. The minimum atomic E-state index is -0.245. The van der Waals surface area contributed by atoms with Gasteiger partial charge in [-0.1, -0.05) is 36.0 Å². The quantitative estimate of drug-likeness (QED) is 0.286. The van der Waals surface area contributed by atoms with E-state index in [0.717, 1.165) is 45.2 Å². The zero-order valence-electron chi connectivity index (χ0n) is 17.4. The summed E-state index contributed by atoms with van der Waals surface area (Å²) in [7, 11) is 0. The van der Waals surface area contributed by atoms with Crippen LogP contribution >= 0.6 is 11.8 Å². The largest absolute Gasteiger partial charge is 0.344 e. The van der Waals surface area contributed by atoms with Gasteiger partial charge in [-0.15, -0.1) is 0 Å². The molecule has 0 fully saturated rings. The maximum absolute atomic E-state index is 13.2. The van der Waals surface area contributed by atoms with Crippen LogP contribution in [-0.4, -0.2) is 25.7 Å². The van der Waals surface area contributed by atoms with Gasteiger partial charge in [0, 0.05) is 30.0 Å². The number of fused-ring (bicyclic) bond motifs is 1. The van der Waals surface area contributed by atoms with Gasteiger partial charge in [0.25, 0.3) is 0 Å². The number of nitrogens with zero attached hydrogens (tertiary/aromatic N) is 3. The molecule has 0 bridgehead atoms. The van der Waals surface area contributed by atoms with Crippen LogP contribution in [0.4, 0.5) is 4.39 Å². The standard InChI is InChI=1S/C24H24FN3OS/c1-4-27-22-8-6-5-7-21(22)26-24(27)30-15-23(29)20-13-16(2)28(17(20)3)14-18-9-11-19(25)12-10-18/h5-13H,4,14-15H2,1-3H3. The first-order valence-corrected chi connectivity index (χ1v) is 11.0. The lowest BCUT2D eigenvalue weighted by atomic mass is 10.2. The predicted octanol–water partition coefficient (Wildman–Crippen LogP) is 5.64. The summed E-state index contributed by atoms with van der Waals surface area (Å²) in [5.41, 5.74) is 5.74. The molecule has 0 atom stereocenters. The number of hydrogen-bond acceptors (Lipinski definition) is 3. The summed E-state index contributed by atoms with van der Waals surface area (Å²) in [5.74, 6) is 0.184. The van der Waals surface area contributed by atoms with Gasteiger partial charge in [0.2, 0.25) is 0 Å². The van der Waals surface area contributed by atoms with E-state index in [1.54, 1.807) is 12.1 Å². The molecule has 0 spiro atoms. The van der Waals surface area contributed by atoms with Gasteiger partial charge in [-0.25, -0.2) is 9.37 Å². The average molecular weight is 422 g/mol. The van der Waals surface area contributed by atoms with Crippen LogP contribution in [0.3, 0.4) is 0 Å². The van der Waals surface area contributed by atoms with Crippen molar-refractivity contribution >= 4 is 28.6 Å². The van der Waals surface area contributed by atoms with Gasteiger partial charge >= 0.3 is 0 Å². The van der Waals surface area contributed by atoms with Crippen molar-refractivity contribution in [1.29, 1.82) is 0 Å². The Labute approximate surface area is 179 Å². The second-order valence-electron chi connectivity index (χ2n) is 7.34. The molecule has 0 amide bonds. The summed E-state index contributed by atoms with van der Waals surface area (Å²) >= 11 is 1.48. The van der Waals surface area contributed by atoms with Crippen molar-refractivity contribution in [3.05, 3.63) is 82.9 Å². The molecule has 4 aromatic rings. The van der Waals surface area contributed by atoms with Gasteiger partial charge < -0.3 is 9.13 Å². The number of halogens is 1. The first-order chi connectivity index (χ1) is 14.5.